The molecule has 0 unspecified atom stereocenters. The molecule has 0 fully saturated rings. The van der Waals surface area contributed by atoms with Crippen LogP contribution in [0.1, 0.15) is 21.5 Å². The number of carbonyl (C=O) groups is 3. The smallest absolute Gasteiger partial charge is 0.323 e. The van der Waals surface area contributed by atoms with E-state index in [0.29, 0.717) is 29.4 Å². The number of anilines is 4. The number of benzene rings is 3. The van der Waals surface area contributed by atoms with E-state index >= 15 is 0 Å². The SMILES string of the molecule is C=NC(=NC)c1ccc(NC(=O)Nc2cc(NC(=O)Nc3cccc(C4=NCCN4)c3)ccc2C(=O)NC)cc1. The first kappa shape index (κ1) is 27.5. The van der Waals surface area contributed by atoms with E-state index in [9.17, 15) is 14.4 Å². The molecule has 12 heteroatoms. The van der Waals surface area contributed by atoms with Crippen molar-refractivity contribution in [3.05, 3.63) is 83.4 Å². The third-order valence-corrected chi connectivity index (χ3v) is 5.83. The molecule has 0 saturated heterocycles. The lowest BCUT2D eigenvalue weighted by Gasteiger charge is -2.14. The normalized spacial score (nSPS) is 12.4. The lowest BCUT2D eigenvalue weighted by molar-refractivity contribution is 0.0964. The number of carbonyl (C=O) groups excluding carboxylic acids is 3. The van der Waals surface area contributed by atoms with E-state index in [1.165, 1.54) is 19.2 Å². The average molecular weight is 540 g/mol. The Bertz CT molecular complexity index is 1500. The highest BCUT2D eigenvalue weighted by Gasteiger charge is 2.15. The second kappa shape index (κ2) is 12.8. The molecule has 4 rings (SSSR count). The van der Waals surface area contributed by atoms with Gasteiger partial charge in [0.1, 0.15) is 5.84 Å². The number of amidine groups is 2. The largest absolute Gasteiger partial charge is 0.368 e. The average Bonchev–Trinajstić information content (AvgIpc) is 3.50. The number of urea groups is 2. The van der Waals surface area contributed by atoms with Gasteiger partial charge in [0.2, 0.25) is 0 Å². The van der Waals surface area contributed by atoms with E-state index in [-0.39, 0.29) is 11.3 Å². The fourth-order valence-corrected chi connectivity index (χ4v) is 3.97. The van der Waals surface area contributed by atoms with Gasteiger partial charge in [0.15, 0.2) is 5.84 Å². The predicted octanol–water partition coefficient (Wildman–Crippen LogP) is 3.76. The van der Waals surface area contributed by atoms with Gasteiger partial charge in [-0.2, -0.15) is 0 Å². The van der Waals surface area contributed by atoms with Gasteiger partial charge in [-0.05, 0) is 61.3 Å². The van der Waals surface area contributed by atoms with Crippen molar-refractivity contribution in [2.24, 2.45) is 15.0 Å². The maximum atomic E-state index is 12.8. The summed E-state index contributed by atoms with van der Waals surface area (Å²) in [5, 5.41) is 16.7. The molecule has 0 aromatic heterocycles. The predicted molar refractivity (Wildman–Crippen MR) is 159 cm³/mol. The van der Waals surface area contributed by atoms with E-state index in [1.54, 1.807) is 43.4 Å². The van der Waals surface area contributed by atoms with Crippen LogP contribution in [0.5, 0.6) is 0 Å². The van der Waals surface area contributed by atoms with Gasteiger partial charge in [-0.1, -0.05) is 12.1 Å². The maximum Gasteiger partial charge on any atom is 0.323 e. The third kappa shape index (κ3) is 6.86. The minimum atomic E-state index is -0.578. The van der Waals surface area contributed by atoms with Gasteiger partial charge in [0, 0.05) is 48.8 Å². The zero-order chi connectivity index (χ0) is 28.5. The molecular weight excluding hydrogens is 510 g/mol. The van der Waals surface area contributed by atoms with Crippen LogP contribution >= 0.6 is 0 Å². The second-order valence-corrected chi connectivity index (χ2v) is 8.52. The van der Waals surface area contributed by atoms with Gasteiger partial charge in [-0.15, -0.1) is 0 Å². The van der Waals surface area contributed by atoms with Crippen molar-refractivity contribution in [3.8, 4) is 0 Å². The van der Waals surface area contributed by atoms with Gasteiger partial charge >= 0.3 is 12.1 Å². The molecule has 1 heterocycles. The van der Waals surface area contributed by atoms with Crippen molar-refractivity contribution in [3.63, 3.8) is 0 Å². The highest BCUT2D eigenvalue weighted by molar-refractivity contribution is 6.08. The van der Waals surface area contributed by atoms with E-state index in [1.807, 2.05) is 18.2 Å². The van der Waals surface area contributed by atoms with Crippen molar-refractivity contribution in [1.82, 2.24) is 10.6 Å². The Labute approximate surface area is 231 Å². The molecule has 0 aliphatic carbocycles. The van der Waals surface area contributed by atoms with Crippen LogP contribution in [0.15, 0.2) is 81.7 Å². The molecule has 1 aliphatic rings. The number of nitrogens with zero attached hydrogens (tertiary/aromatic N) is 3. The Kier molecular flexibility index (Phi) is 8.82. The fourth-order valence-electron chi connectivity index (χ4n) is 3.97. The first-order valence-electron chi connectivity index (χ1n) is 12.3. The van der Waals surface area contributed by atoms with E-state index in [4.69, 9.17) is 0 Å². The Balaban J connectivity index is 1.45. The van der Waals surface area contributed by atoms with Gasteiger partial charge < -0.3 is 31.9 Å². The van der Waals surface area contributed by atoms with Crippen molar-refractivity contribution >= 4 is 59.1 Å². The van der Waals surface area contributed by atoms with Crippen molar-refractivity contribution in [1.29, 1.82) is 0 Å². The van der Waals surface area contributed by atoms with Crippen LogP contribution in [0.25, 0.3) is 0 Å². The van der Waals surface area contributed by atoms with Crippen LogP contribution in [0, 0.1) is 0 Å². The van der Waals surface area contributed by atoms with E-state index < -0.39 is 18.0 Å². The summed E-state index contributed by atoms with van der Waals surface area (Å²) in [6, 6.07) is 17.7. The van der Waals surface area contributed by atoms with Crippen LogP contribution in [0.2, 0.25) is 0 Å². The summed E-state index contributed by atoms with van der Waals surface area (Å²) in [6.07, 6.45) is 0. The Morgan fingerprint density at radius 3 is 2.20 bits per heavy atom. The highest BCUT2D eigenvalue weighted by Crippen LogP contribution is 2.23. The van der Waals surface area contributed by atoms with E-state index in [0.717, 1.165) is 23.5 Å². The maximum absolute atomic E-state index is 12.8. The van der Waals surface area contributed by atoms with Gasteiger partial charge in [0.05, 0.1) is 17.8 Å². The summed E-state index contributed by atoms with van der Waals surface area (Å²) in [5.74, 6) is 0.860. The summed E-state index contributed by atoms with van der Waals surface area (Å²) in [7, 11) is 3.10. The van der Waals surface area contributed by atoms with Crippen LogP contribution < -0.4 is 31.9 Å². The first-order valence-corrected chi connectivity index (χ1v) is 12.3. The number of amides is 5. The molecule has 12 nitrogen and oxygen atoms in total. The topological polar surface area (TPSA) is 160 Å². The standard InChI is InChI=1S/C28H29N9O3/c1-29-24(30-2)17-7-9-19(10-8-17)34-28(40)37-23-16-21(11-12-22(23)26(38)31-3)36-27(39)35-20-6-4-5-18(15-20)25-32-13-14-33-25/h4-12,15-16H,1,13-14H2,2-3H3,(H,31,38)(H,32,33)(H2,34,37,40)(H2,35,36,39). The molecular formula is C28H29N9O3. The first-order chi connectivity index (χ1) is 19.4. The lowest BCUT2D eigenvalue weighted by atomic mass is 10.1. The van der Waals surface area contributed by atoms with Crippen LogP contribution in [-0.4, -0.2) is 63.5 Å². The van der Waals surface area contributed by atoms with Gasteiger partial charge in [0.25, 0.3) is 5.91 Å². The van der Waals surface area contributed by atoms with Crippen molar-refractivity contribution in [2.75, 3.05) is 48.5 Å². The van der Waals surface area contributed by atoms with Crippen molar-refractivity contribution < 1.29 is 14.4 Å². The third-order valence-electron chi connectivity index (χ3n) is 5.83. The molecule has 0 radical (unpaired) electrons. The van der Waals surface area contributed by atoms with Gasteiger partial charge in [-0.25, -0.2) is 14.6 Å². The highest BCUT2D eigenvalue weighted by atomic mass is 16.2. The van der Waals surface area contributed by atoms with Gasteiger partial charge in [-0.3, -0.25) is 14.8 Å². The Morgan fingerprint density at radius 1 is 0.875 bits per heavy atom. The molecule has 0 saturated carbocycles. The lowest BCUT2D eigenvalue weighted by Crippen LogP contribution is -2.25. The summed E-state index contributed by atoms with van der Waals surface area (Å²) in [4.78, 5) is 50.2. The zero-order valence-corrected chi connectivity index (χ0v) is 22.0. The number of hydrogen-bond donors (Lipinski definition) is 6. The Morgan fingerprint density at radius 2 is 1.55 bits per heavy atom. The molecule has 0 atom stereocenters. The molecule has 1 aliphatic heterocycles. The second-order valence-electron chi connectivity index (χ2n) is 8.52. The number of nitrogens with one attached hydrogen (secondary N) is 6. The van der Waals surface area contributed by atoms with Crippen LogP contribution in [-0.2, 0) is 0 Å². The monoisotopic (exact) mass is 539 g/mol. The van der Waals surface area contributed by atoms with Crippen LogP contribution in [0.3, 0.4) is 0 Å². The molecule has 204 valence electrons. The molecule has 6 N–H and O–H groups in total. The minimum Gasteiger partial charge on any atom is -0.368 e. The molecule has 3 aromatic carbocycles. The fraction of sp³-hybridized carbons (Fsp3) is 0.143. The molecule has 0 bridgehead atoms. The molecule has 0 spiro atoms. The van der Waals surface area contributed by atoms with E-state index in [2.05, 4.69) is 53.6 Å². The minimum absolute atomic E-state index is 0.204. The number of rotatable bonds is 7. The molecule has 5 amide bonds. The summed E-state index contributed by atoms with van der Waals surface area (Å²) in [6.45, 7) is 4.98. The zero-order valence-electron chi connectivity index (χ0n) is 22.0. The summed E-state index contributed by atoms with van der Waals surface area (Å²) >= 11 is 0. The summed E-state index contributed by atoms with van der Waals surface area (Å²) < 4.78 is 0. The quantitative estimate of drug-likeness (QED) is 0.199. The Hall–Kier alpha value is -5.52. The summed E-state index contributed by atoms with van der Waals surface area (Å²) in [5.41, 5.74) is 3.50. The molecule has 40 heavy (non-hydrogen) atoms. The van der Waals surface area contributed by atoms with Crippen molar-refractivity contribution in [2.45, 2.75) is 0 Å². The number of aliphatic imine (C=N–C) groups is 3. The van der Waals surface area contributed by atoms with Crippen LogP contribution in [0.4, 0.5) is 32.3 Å². The molecule has 3 aromatic rings. The number of hydrogen-bond acceptors (Lipinski definition) is 6.